The number of allylic oxidation sites excluding steroid dienone is 16. The second-order valence-corrected chi connectivity index (χ2v) is 19.2. The maximum Gasteiger partial charge on any atom is 0.306 e. The van der Waals surface area contributed by atoms with Gasteiger partial charge in [-0.3, -0.25) is 14.4 Å². The number of hydrogen-bond acceptors (Lipinski definition) is 6. The monoisotopic (exact) mass is 973 g/mol. The van der Waals surface area contributed by atoms with Gasteiger partial charge in [0.15, 0.2) is 6.10 Å². The van der Waals surface area contributed by atoms with Gasteiger partial charge < -0.3 is 14.2 Å². The summed E-state index contributed by atoms with van der Waals surface area (Å²) in [6.07, 6.45) is 76.9. The van der Waals surface area contributed by atoms with Gasteiger partial charge in [-0.05, 0) is 116 Å². The molecule has 0 amide bonds. The summed E-state index contributed by atoms with van der Waals surface area (Å²) in [7, 11) is 0. The highest BCUT2D eigenvalue weighted by Crippen LogP contribution is 2.15. The first-order valence-electron chi connectivity index (χ1n) is 29.2. The third-order valence-corrected chi connectivity index (χ3v) is 12.3. The summed E-state index contributed by atoms with van der Waals surface area (Å²) in [5.41, 5.74) is 0. The van der Waals surface area contributed by atoms with E-state index in [2.05, 4.69) is 118 Å². The molecule has 0 aromatic rings. The third kappa shape index (κ3) is 55.3. The summed E-state index contributed by atoms with van der Waals surface area (Å²) in [4.78, 5) is 38.1. The number of esters is 3. The Bertz CT molecular complexity index is 1400. The molecule has 0 fully saturated rings. The highest BCUT2D eigenvalue weighted by molar-refractivity contribution is 5.71. The highest BCUT2D eigenvalue weighted by atomic mass is 16.6. The van der Waals surface area contributed by atoms with E-state index in [-0.39, 0.29) is 31.1 Å². The fourth-order valence-corrected chi connectivity index (χ4v) is 7.91. The van der Waals surface area contributed by atoms with Gasteiger partial charge in [0, 0.05) is 19.3 Å². The Morgan fingerprint density at radius 3 is 0.943 bits per heavy atom. The van der Waals surface area contributed by atoms with E-state index in [1.807, 2.05) is 0 Å². The fraction of sp³-hybridized carbons (Fsp3) is 0.703. The van der Waals surface area contributed by atoms with Crippen LogP contribution in [0.2, 0.25) is 0 Å². The molecule has 6 nitrogen and oxygen atoms in total. The van der Waals surface area contributed by atoms with Gasteiger partial charge in [0.1, 0.15) is 13.2 Å². The Morgan fingerprint density at radius 2 is 0.586 bits per heavy atom. The Balaban J connectivity index is 4.35. The molecule has 0 aromatic carbocycles. The van der Waals surface area contributed by atoms with E-state index >= 15 is 0 Å². The van der Waals surface area contributed by atoms with Crippen LogP contribution >= 0.6 is 0 Å². The van der Waals surface area contributed by atoms with Crippen LogP contribution in [0, 0.1) is 0 Å². The lowest BCUT2D eigenvalue weighted by Crippen LogP contribution is -2.30. The molecular formula is C64H108O6. The van der Waals surface area contributed by atoms with E-state index in [1.54, 1.807) is 0 Å². The van der Waals surface area contributed by atoms with E-state index in [1.165, 1.54) is 96.3 Å². The average Bonchev–Trinajstić information content (AvgIpc) is 3.36. The molecule has 0 aliphatic rings. The molecule has 70 heavy (non-hydrogen) atoms. The van der Waals surface area contributed by atoms with E-state index in [4.69, 9.17) is 14.2 Å². The molecule has 1 atom stereocenters. The third-order valence-electron chi connectivity index (χ3n) is 12.3. The van der Waals surface area contributed by atoms with E-state index < -0.39 is 6.10 Å². The molecule has 0 radical (unpaired) electrons. The van der Waals surface area contributed by atoms with Crippen LogP contribution in [0.5, 0.6) is 0 Å². The minimum atomic E-state index is -0.792. The zero-order valence-electron chi connectivity index (χ0n) is 45.8. The Kier molecular flexibility index (Phi) is 54.9. The fourth-order valence-electron chi connectivity index (χ4n) is 7.91. The average molecular weight is 974 g/mol. The predicted octanol–water partition coefficient (Wildman–Crippen LogP) is 19.7. The van der Waals surface area contributed by atoms with Crippen LogP contribution in [0.3, 0.4) is 0 Å². The minimum absolute atomic E-state index is 0.0905. The van der Waals surface area contributed by atoms with E-state index in [0.29, 0.717) is 19.3 Å². The van der Waals surface area contributed by atoms with Gasteiger partial charge in [0.2, 0.25) is 0 Å². The molecule has 0 rings (SSSR count). The van der Waals surface area contributed by atoms with E-state index in [0.717, 1.165) is 135 Å². The number of hydrogen-bond donors (Lipinski definition) is 0. The molecule has 400 valence electrons. The maximum absolute atomic E-state index is 12.9. The van der Waals surface area contributed by atoms with Crippen molar-refractivity contribution in [1.29, 1.82) is 0 Å². The molecule has 0 saturated carbocycles. The predicted molar refractivity (Wildman–Crippen MR) is 302 cm³/mol. The zero-order valence-corrected chi connectivity index (χ0v) is 45.8. The Hall–Kier alpha value is -3.67. The molecule has 6 heteroatoms. The van der Waals surface area contributed by atoms with Crippen LogP contribution < -0.4 is 0 Å². The molecule has 0 aromatic heterocycles. The summed E-state index contributed by atoms with van der Waals surface area (Å²) >= 11 is 0. The van der Waals surface area contributed by atoms with Crippen molar-refractivity contribution in [3.63, 3.8) is 0 Å². The minimum Gasteiger partial charge on any atom is -0.462 e. The number of ether oxygens (including phenoxy) is 3. The van der Waals surface area contributed by atoms with Crippen molar-refractivity contribution in [3.8, 4) is 0 Å². The lowest BCUT2D eigenvalue weighted by Gasteiger charge is -2.18. The van der Waals surface area contributed by atoms with Gasteiger partial charge in [-0.25, -0.2) is 0 Å². The topological polar surface area (TPSA) is 78.9 Å². The Labute approximate surface area is 432 Å². The SMILES string of the molecule is CC/C=C\C/C=C\C/C=C\C/C=C\C/C=C\CCCCCCCC(=O)OCC(COC(=O)CCCCCCC/C=C\CCC)OC(=O)CCCCCCCCCCC/C=C\C/C=C\CCCCCCC. The molecule has 1 unspecified atom stereocenters. The van der Waals surface area contributed by atoms with Crippen LogP contribution in [0.15, 0.2) is 97.2 Å². The lowest BCUT2D eigenvalue weighted by atomic mass is 10.1. The van der Waals surface area contributed by atoms with Gasteiger partial charge in [-0.2, -0.15) is 0 Å². The van der Waals surface area contributed by atoms with Crippen LogP contribution in [-0.2, 0) is 28.6 Å². The standard InChI is InChI=1S/C64H108O6/c1-4-7-10-13-16-19-22-24-26-28-30-32-34-36-38-40-42-45-48-51-54-57-63(66)69-60-61(59-68-62(65)56-53-50-47-44-21-18-15-12-9-6-3)70-64(67)58-55-52-49-46-43-41-39-37-35-33-31-29-27-25-23-20-17-14-11-8-5-2/h7,10,12,15-16,19,23-26,29-32,36,38,61H,4-6,8-9,11,13-14,17-18,20-22,27-28,33-35,37,39-60H2,1-3H3/b10-7-,15-12-,19-16-,25-23-,26-24-,31-29-,32-30-,38-36-. The van der Waals surface area contributed by atoms with Crippen molar-refractivity contribution in [3.05, 3.63) is 97.2 Å². The summed E-state index contributed by atoms with van der Waals surface area (Å²) < 4.78 is 16.8. The van der Waals surface area contributed by atoms with Crippen molar-refractivity contribution in [2.75, 3.05) is 13.2 Å². The molecule has 0 aliphatic heterocycles. The summed E-state index contributed by atoms with van der Waals surface area (Å²) in [5.74, 6) is -0.921. The number of carbonyl (C=O) groups excluding carboxylic acids is 3. The number of unbranched alkanes of at least 4 members (excludes halogenated alkanes) is 25. The largest absolute Gasteiger partial charge is 0.462 e. The first-order valence-corrected chi connectivity index (χ1v) is 29.2. The lowest BCUT2D eigenvalue weighted by molar-refractivity contribution is -0.167. The highest BCUT2D eigenvalue weighted by Gasteiger charge is 2.19. The maximum atomic E-state index is 12.9. The van der Waals surface area contributed by atoms with Gasteiger partial charge in [-0.15, -0.1) is 0 Å². The molecule has 0 N–H and O–H groups in total. The van der Waals surface area contributed by atoms with Crippen LogP contribution in [0.25, 0.3) is 0 Å². The molecule has 0 spiro atoms. The molecule has 0 saturated heterocycles. The van der Waals surface area contributed by atoms with Crippen molar-refractivity contribution in [2.45, 2.75) is 277 Å². The van der Waals surface area contributed by atoms with Gasteiger partial charge in [0.05, 0.1) is 0 Å². The smallest absolute Gasteiger partial charge is 0.306 e. The van der Waals surface area contributed by atoms with Gasteiger partial charge >= 0.3 is 17.9 Å². The summed E-state index contributed by atoms with van der Waals surface area (Å²) in [6, 6.07) is 0. The molecule has 0 aliphatic carbocycles. The van der Waals surface area contributed by atoms with Crippen LogP contribution in [0.1, 0.15) is 271 Å². The molecule has 0 heterocycles. The Morgan fingerprint density at radius 1 is 0.300 bits per heavy atom. The molecule has 0 bridgehead atoms. The van der Waals surface area contributed by atoms with Crippen molar-refractivity contribution < 1.29 is 28.6 Å². The van der Waals surface area contributed by atoms with Crippen molar-refractivity contribution >= 4 is 17.9 Å². The van der Waals surface area contributed by atoms with Crippen molar-refractivity contribution in [1.82, 2.24) is 0 Å². The number of carbonyl (C=O) groups is 3. The van der Waals surface area contributed by atoms with Crippen LogP contribution in [-0.4, -0.2) is 37.2 Å². The normalized spacial score (nSPS) is 12.8. The first-order chi connectivity index (χ1) is 34.5. The summed E-state index contributed by atoms with van der Waals surface area (Å²) in [5, 5.41) is 0. The quantitative estimate of drug-likeness (QED) is 0.0262. The number of rotatable bonds is 52. The molecular weight excluding hydrogens is 865 g/mol. The van der Waals surface area contributed by atoms with Crippen molar-refractivity contribution in [2.24, 2.45) is 0 Å². The second kappa shape index (κ2) is 57.9. The summed E-state index contributed by atoms with van der Waals surface area (Å²) in [6.45, 7) is 6.43. The second-order valence-electron chi connectivity index (χ2n) is 19.2. The van der Waals surface area contributed by atoms with Gasteiger partial charge in [-0.1, -0.05) is 234 Å². The van der Waals surface area contributed by atoms with Gasteiger partial charge in [0.25, 0.3) is 0 Å². The van der Waals surface area contributed by atoms with E-state index in [9.17, 15) is 14.4 Å². The first kappa shape index (κ1) is 66.3. The van der Waals surface area contributed by atoms with Crippen LogP contribution in [0.4, 0.5) is 0 Å². The zero-order chi connectivity index (χ0) is 50.7.